The summed E-state index contributed by atoms with van der Waals surface area (Å²) in [5.74, 6) is 1.06. The van der Waals surface area contributed by atoms with Crippen molar-refractivity contribution in [1.82, 2.24) is 15.0 Å². The second-order valence-electron chi connectivity index (χ2n) is 4.79. The highest BCUT2D eigenvalue weighted by Crippen LogP contribution is 2.33. The number of nitrogens with zero attached hydrogens (tertiary/aromatic N) is 2. The van der Waals surface area contributed by atoms with Gasteiger partial charge >= 0.3 is 0 Å². The van der Waals surface area contributed by atoms with Gasteiger partial charge < -0.3 is 4.98 Å². The molecule has 2 heterocycles. The molecule has 1 aliphatic rings. The zero-order valence-corrected chi connectivity index (χ0v) is 11.1. The van der Waals surface area contributed by atoms with E-state index < -0.39 is 0 Å². The maximum Gasteiger partial charge on any atom is 0.251 e. The molecule has 5 heteroatoms. The number of rotatable bonds is 2. The van der Waals surface area contributed by atoms with Gasteiger partial charge in [0.2, 0.25) is 0 Å². The molecule has 0 aliphatic heterocycles. The fourth-order valence-electron chi connectivity index (χ4n) is 2.47. The maximum atomic E-state index is 11.7. The highest BCUT2D eigenvalue weighted by atomic mass is 32.1. The predicted octanol–water partition coefficient (Wildman–Crippen LogP) is 2.86. The molecule has 0 atom stereocenters. The highest BCUT2D eigenvalue weighted by Gasteiger charge is 2.20. The first-order chi connectivity index (χ1) is 8.72. The molecule has 0 unspecified atom stereocenters. The normalized spacial score (nSPS) is 16.3. The van der Waals surface area contributed by atoms with Gasteiger partial charge in [-0.3, -0.25) is 4.79 Å². The number of aromatic amines is 1. The predicted molar refractivity (Wildman–Crippen MR) is 71.9 cm³/mol. The Morgan fingerprint density at radius 2 is 2.11 bits per heavy atom. The van der Waals surface area contributed by atoms with E-state index in [1.165, 1.54) is 24.2 Å². The zero-order chi connectivity index (χ0) is 12.5. The molecule has 0 amide bonds. The number of aryl methyl sites for hydroxylation is 1. The third kappa shape index (κ3) is 2.22. The number of aromatic nitrogens is 3. The minimum atomic E-state index is -0.0743. The molecule has 1 saturated carbocycles. The summed E-state index contributed by atoms with van der Waals surface area (Å²) < 4.78 is 0. The van der Waals surface area contributed by atoms with Crippen molar-refractivity contribution in [2.75, 3.05) is 0 Å². The fraction of sp³-hybridized carbons (Fsp3) is 0.462. The lowest BCUT2D eigenvalue weighted by atomic mass is 10.0. The lowest BCUT2D eigenvalue weighted by Gasteiger charge is -2.08. The van der Waals surface area contributed by atoms with E-state index >= 15 is 0 Å². The van der Waals surface area contributed by atoms with Crippen molar-refractivity contribution in [1.29, 1.82) is 0 Å². The summed E-state index contributed by atoms with van der Waals surface area (Å²) in [6.45, 7) is 1.94. The molecule has 0 radical (unpaired) electrons. The van der Waals surface area contributed by atoms with Crippen molar-refractivity contribution >= 4 is 11.3 Å². The average Bonchev–Trinajstić information content (AvgIpc) is 2.98. The number of nitrogens with one attached hydrogen (secondary N) is 1. The Balaban J connectivity index is 2.02. The van der Waals surface area contributed by atoms with E-state index in [1.54, 1.807) is 6.07 Å². The molecule has 3 rings (SSSR count). The van der Waals surface area contributed by atoms with E-state index in [1.807, 2.05) is 12.3 Å². The molecule has 0 bridgehead atoms. The Hall–Kier alpha value is -1.49. The van der Waals surface area contributed by atoms with Crippen molar-refractivity contribution in [3.63, 3.8) is 0 Å². The molecule has 2 aromatic rings. The summed E-state index contributed by atoms with van der Waals surface area (Å²) in [5, 5.41) is 2.77. The molecular weight excluding hydrogens is 246 g/mol. The third-order valence-corrected chi connectivity index (χ3v) is 4.32. The lowest BCUT2D eigenvalue weighted by molar-refractivity contribution is 0.693. The number of thiazole rings is 1. The molecule has 1 aliphatic carbocycles. The largest absolute Gasteiger partial charge is 0.304 e. The third-order valence-electron chi connectivity index (χ3n) is 3.36. The number of hydrogen-bond donors (Lipinski definition) is 1. The van der Waals surface area contributed by atoms with Gasteiger partial charge in [0.1, 0.15) is 0 Å². The molecule has 1 fully saturated rings. The van der Waals surface area contributed by atoms with Gasteiger partial charge in [-0.25, -0.2) is 9.97 Å². The summed E-state index contributed by atoms with van der Waals surface area (Å²) in [6.07, 6.45) is 4.77. The monoisotopic (exact) mass is 261 g/mol. The molecule has 94 valence electrons. The van der Waals surface area contributed by atoms with E-state index in [0.29, 0.717) is 11.7 Å². The number of H-pyrrole nitrogens is 1. The van der Waals surface area contributed by atoms with Gasteiger partial charge in [-0.15, -0.1) is 11.3 Å². The first-order valence-electron chi connectivity index (χ1n) is 6.26. The Bertz CT molecular complexity index is 611. The average molecular weight is 261 g/mol. The summed E-state index contributed by atoms with van der Waals surface area (Å²) >= 11 is 1.52. The van der Waals surface area contributed by atoms with Crippen molar-refractivity contribution in [2.45, 2.75) is 38.5 Å². The van der Waals surface area contributed by atoms with Gasteiger partial charge in [-0.05, 0) is 19.8 Å². The van der Waals surface area contributed by atoms with Crippen LogP contribution >= 0.6 is 11.3 Å². The smallest absolute Gasteiger partial charge is 0.251 e. The van der Waals surface area contributed by atoms with Crippen molar-refractivity contribution in [2.24, 2.45) is 0 Å². The second kappa shape index (κ2) is 4.65. The quantitative estimate of drug-likeness (QED) is 0.904. The Morgan fingerprint density at radius 3 is 2.78 bits per heavy atom. The van der Waals surface area contributed by atoms with Crippen LogP contribution in [-0.4, -0.2) is 15.0 Å². The molecule has 0 aromatic carbocycles. The van der Waals surface area contributed by atoms with Gasteiger partial charge in [-0.1, -0.05) is 12.8 Å². The van der Waals surface area contributed by atoms with Crippen molar-refractivity contribution in [3.05, 3.63) is 33.2 Å². The van der Waals surface area contributed by atoms with E-state index in [-0.39, 0.29) is 5.56 Å². The van der Waals surface area contributed by atoms with E-state index in [0.717, 1.165) is 29.2 Å². The molecule has 2 aromatic heterocycles. The van der Waals surface area contributed by atoms with Gasteiger partial charge in [-0.2, -0.15) is 0 Å². The first-order valence-corrected chi connectivity index (χ1v) is 7.14. The van der Waals surface area contributed by atoms with Crippen LogP contribution in [0.15, 0.2) is 16.2 Å². The van der Waals surface area contributed by atoms with Gasteiger partial charge in [0.05, 0.1) is 5.69 Å². The van der Waals surface area contributed by atoms with Crippen LogP contribution in [0.3, 0.4) is 0 Å². The maximum absolute atomic E-state index is 11.7. The minimum absolute atomic E-state index is 0.0743. The number of hydrogen-bond acceptors (Lipinski definition) is 4. The molecular formula is C13H15N3OS. The van der Waals surface area contributed by atoms with Crippen LogP contribution in [0.1, 0.15) is 43.0 Å². The second-order valence-corrected chi connectivity index (χ2v) is 5.65. The van der Waals surface area contributed by atoms with Crippen LogP contribution in [0.25, 0.3) is 10.8 Å². The first kappa shape index (κ1) is 11.6. The van der Waals surface area contributed by atoms with Crippen LogP contribution < -0.4 is 5.56 Å². The van der Waals surface area contributed by atoms with Gasteiger partial charge in [0.15, 0.2) is 10.8 Å². The standard InChI is InChI=1S/C13H15N3OS/c1-8-7-18-13(14-8)12-15-10(6-11(17)16-12)9-4-2-3-5-9/h6-7,9H,2-5H2,1H3,(H,15,16,17). The zero-order valence-electron chi connectivity index (χ0n) is 10.3. The van der Waals surface area contributed by atoms with Gasteiger partial charge in [0.25, 0.3) is 5.56 Å². The lowest BCUT2D eigenvalue weighted by Crippen LogP contribution is -2.12. The molecule has 1 N–H and O–H groups in total. The molecule has 18 heavy (non-hydrogen) atoms. The Morgan fingerprint density at radius 1 is 1.33 bits per heavy atom. The summed E-state index contributed by atoms with van der Waals surface area (Å²) in [7, 11) is 0. The highest BCUT2D eigenvalue weighted by molar-refractivity contribution is 7.13. The molecule has 4 nitrogen and oxygen atoms in total. The minimum Gasteiger partial charge on any atom is -0.304 e. The van der Waals surface area contributed by atoms with Crippen molar-refractivity contribution < 1.29 is 0 Å². The van der Waals surface area contributed by atoms with E-state index in [2.05, 4.69) is 15.0 Å². The van der Waals surface area contributed by atoms with E-state index in [4.69, 9.17) is 0 Å². The van der Waals surface area contributed by atoms with Crippen molar-refractivity contribution in [3.8, 4) is 10.8 Å². The summed E-state index contributed by atoms with van der Waals surface area (Å²) in [4.78, 5) is 23.5. The summed E-state index contributed by atoms with van der Waals surface area (Å²) in [5.41, 5.74) is 1.82. The topological polar surface area (TPSA) is 58.6 Å². The van der Waals surface area contributed by atoms with Crippen LogP contribution in [0.5, 0.6) is 0 Å². The molecule has 0 saturated heterocycles. The molecule has 0 spiro atoms. The van der Waals surface area contributed by atoms with Crippen LogP contribution in [-0.2, 0) is 0 Å². The van der Waals surface area contributed by atoms with E-state index in [9.17, 15) is 4.79 Å². The van der Waals surface area contributed by atoms with Crippen LogP contribution in [0, 0.1) is 6.92 Å². The van der Waals surface area contributed by atoms with Crippen LogP contribution in [0.4, 0.5) is 0 Å². The Kier molecular flexibility index (Phi) is 2.99. The fourth-order valence-corrected chi connectivity index (χ4v) is 3.21. The van der Waals surface area contributed by atoms with Crippen LogP contribution in [0.2, 0.25) is 0 Å². The SMILES string of the molecule is Cc1csc(-c2nc(C3CCCC3)cc(=O)[nH]2)n1. The summed E-state index contributed by atoms with van der Waals surface area (Å²) in [6, 6.07) is 1.64. The Labute approximate surface area is 109 Å². The van der Waals surface area contributed by atoms with Gasteiger partial charge in [0, 0.05) is 23.1 Å².